The van der Waals surface area contributed by atoms with Gasteiger partial charge in [0.05, 0.1) is 0 Å². The number of nitrogens with one attached hydrogen (secondary N) is 1. The Morgan fingerprint density at radius 1 is 1.33 bits per heavy atom. The van der Waals surface area contributed by atoms with Crippen LogP contribution < -0.4 is 10.5 Å². The van der Waals surface area contributed by atoms with Crippen molar-refractivity contribution in [1.82, 2.24) is 9.03 Å². The van der Waals surface area contributed by atoms with E-state index in [1.807, 2.05) is 13.8 Å². The molecule has 1 aliphatic heterocycles. The minimum Gasteiger partial charge on any atom is -0.328 e. The largest absolute Gasteiger partial charge is 0.328 e. The molecule has 0 spiro atoms. The molecule has 0 atom stereocenters. The van der Waals surface area contributed by atoms with E-state index in [9.17, 15) is 8.42 Å². The number of nitrogens with zero attached hydrogens (tertiary/aromatic N) is 1. The van der Waals surface area contributed by atoms with Crippen LogP contribution in [0.1, 0.15) is 26.7 Å². The van der Waals surface area contributed by atoms with E-state index < -0.39 is 10.2 Å². The van der Waals surface area contributed by atoms with Gasteiger partial charge in [-0.2, -0.15) is 17.4 Å². The predicted molar refractivity (Wildman–Crippen MR) is 63.2 cm³/mol. The highest BCUT2D eigenvalue weighted by Gasteiger charge is 2.26. The normalized spacial score (nSPS) is 20.3. The Bertz CT molecular complexity index is 274. The maximum absolute atomic E-state index is 11.7. The number of rotatable bonds is 3. The maximum Gasteiger partial charge on any atom is 0.279 e. The highest BCUT2D eigenvalue weighted by molar-refractivity contribution is 7.87. The van der Waals surface area contributed by atoms with Crippen molar-refractivity contribution >= 4 is 22.6 Å². The molecule has 0 aliphatic carbocycles. The Balaban J connectivity index is 0.00000196. The molecule has 7 heteroatoms. The van der Waals surface area contributed by atoms with Crippen LogP contribution in [0.15, 0.2) is 0 Å². The molecule has 0 bridgehead atoms. The SMILES string of the molecule is CC(C)NS(=O)(=O)N1CCC(N)CC1.Cl. The first-order chi connectivity index (χ1) is 6.42. The first-order valence-corrected chi connectivity index (χ1v) is 6.39. The molecule has 92 valence electrons. The lowest BCUT2D eigenvalue weighted by Crippen LogP contribution is -2.49. The van der Waals surface area contributed by atoms with Gasteiger partial charge in [-0.15, -0.1) is 12.4 Å². The second-order valence-electron chi connectivity index (χ2n) is 4.01. The van der Waals surface area contributed by atoms with Crippen molar-refractivity contribution in [3.63, 3.8) is 0 Å². The quantitative estimate of drug-likeness (QED) is 0.752. The Labute approximate surface area is 98.0 Å². The van der Waals surface area contributed by atoms with Crippen LogP contribution in [0.4, 0.5) is 0 Å². The summed E-state index contributed by atoms with van der Waals surface area (Å²) in [4.78, 5) is 0. The van der Waals surface area contributed by atoms with E-state index in [1.165, 1.54) is 4.31 Å². The van der Waals surface area contributed by atoms with Gasteiger partial charge >= 0.3 is 0 Å². The third-order valence-corrected chi connectivity index (χ3v) is 4.04. The van der Waals surface area contributed by atoms with Gasteiger partial charge in [0, 0.05) is 25.2 Å². The van der Waals surface area contributed by atoms with Gasteiger partial charge in [0.2, 0.25) is 0 Å². The standard InChI is InChI=1S/C8H19N3O2S.ClH/c1-7(2)10-14(12,13)11-5-3-8(9)4-6-11;/h7-8,10H,3-6,9H2,1-2H3;1H. The molecule has 1 rings (SSSR count). The first-order valence-electron chi connectivity index (χ1n) is 4.95. The highest BCUT2D eigenvalue weighted by atomic mass is 35.5. The van der Waals surface area contributed by atoms with Crippen LogP contribution in [0.2, 0.25) is 0 Å². The summed E-state index contributed by atoms with van der Waals surface area (Å²) in [6, 6.07) is 0.0936. The molecule has 0 unspecified atom stereocenters. The maximum atomic E-state index is 11.7. The zero-order valence-corrected chi connectivity index (χ0v) is 10.8. The lowest BCUT2D eigenvalue weighted by atomic mass is 10.1. The van der Waals surface area contributed by atoms with Gasteiger partial charge < -0.3 is 5.73 Å². The Kier molecular flexibility index (Phi) is 6.05. The van der Waals surface area contributed by atoms with E-state index in [0.717, 1.165) is 12.8 Å². The van der Waals surface area contributed by atoms with Gasteiger partial charge in [-0.1, -0.05) is 0 Å². The van der Waals surface area contributed by atoms with Gasteiger partial charge in [-0.3, -0.25) is 0 Å². The second-order valence-corrected chi connectivity index (χ2v) is 5.72. The summed E-state index contributed by atoms with van der Waals surface area (Å²) in [5, 5.41) is 0. The fourth-order valence-electron chi connectivity index (χ4n) is 1.49. The van der Waals surface area contributed by atoms with Crippen LogP contribution in [0.3, 0.4) is 0 Å². The third-order valence-electron chi connectivity index (χ3n) is 2.22. The van der Waals surface area contributed by atoms with Gasteiger partial charge in [0.15, 0.2) is 0 Å². The fraction of sp³-hybridized carbons (Fsp3) is 1.00. The average Bonchev–Trinajstić information content (AvgIpc) is 2.02. The van der Waals surface area contributed by atoms with E-state index in [4.69, 9.17) is 5.73 Å². The summed E-state index contributed by atoms with van der Waals surface area (Å²) < 4.78 is 27.4. The van der Waals surface area contributed by atoms with Gasteiger partial charge in [-0.05, 0) is 26.7 Å². The lowest BCUT2D eigenvalue weighted by molar-refractivity contribution is 0.315. The van der Waals surface area contributed by atoms with Crippen LogP contribution in [0.5, 0.6) is 0 Å². The van der Waals surface area contributed by atoms with Gasteiger partial charge in [0.25, 0.3) is 10.2 Å². The molecular weight excluding hydrogens is 238 g/mol. The Morgan fingerprint density at radius 3 is 2.20 bits per heavy atom. The summed E-state index contributed by atoms with van der Waals surface area (Å²) >= 11 is 0. The van der Waals surface area contributed by atoms with Crippen molar-refractivity contribution in [2.45, 2.75) is 38.8 Å². The zero-order chi connectivity index (χ0) is 10.8. The third kappa shape index (κ3) is 4.65. The zero-order valence-electron chi connectivity index (χ0n) is 9.14. The van der Waals surface area contributed by atoms with Crippen LogP contribution >= 0.6 is 12.4 Å². The Hall–Kier alpha value is 0.120. The Morgan fingerprint density at radius 2 is 1.80 bits per heavy atom. The molecule has 0 aromatic heterocycles. The highest BCUT2D eigenvalue weighted by Crippen LogP contribution is 2.11. The van der Waals surface area contributed by atoms with E-state index in [1.54, 1.807) is 0 Å². The number of hydrogen-bond donors (Lipinski definition) is 2. The molecule has 5 nitrogen and oxygen atoms in total. The molecule has 0 amide bonds. The van der Waals surface area contributed by atoms with Crippen LogP contribution in [0.25, 0.3) is 0 Å². The molecule has 3 N–H and O–H groups in total. The predicted octanol–water partition coefficient (Wildman–Crippen LogP) is 0.0741. The fourth-order valence-corrected chi connectivity index (χ4v) is 2.92. The summed E-state index contributed by atoms with van der Waals surface area (Å²) in [5.74, 6) is 0. The van der Waals surface area contributed by atoms with E-state index in [2.05, 4.69) is 4.72 Å². The minimum atomic E-state index is -3.28. The van der Waals surface area contributed by atoms with Crippen molar-refractivity contribution in [3.05, 3.63) is 0 Å². The second kappa shape index (κ2) is 6.00. The minimum absolute atomic E-state index is 0. The van der Waals surface area contributed by atoms with Gasteiger partial charge in [0.1, 0.15) is 0 Å². The number of halogens is 1. The molecule has 1 saturated heterocycles. The molecule has 0 aromatic rings. The average molecular weight is 258 g/mol. The summed E-state index contributed by atoms with van der Waals surface area (Å²) in [5.41, 5.74) is 5.70. The van der Waals surface area contributed by atoms with Crippen LogP contribution in [-0.4, -0.2) is 37.9 Å². The van der Waals surface area contributed by atoms with Crippen molar-refractivity contribution < 1.29 is 8.42 Å². The van der Waals surface area contributed by atoms with Crippen molar-refractivity contribution in [1.29, 1.82) is 0 Å². The van der Waals surface area contributed by atoms with E-state index in [-0.39, 0.29) is 24.5 Å². The molecule has 0 saturated carbocycles. The molecule has 1 fully saturated rings. The monoisotopic (exact) mass is 257 g/mol. The summed E-state index contributed by atoms with van der Waals surface area (Å²) in [6.07, 6.45) is 1.50. The number of hydrogen-bond acceptors (Lipinski definition) is 3. The summed E-state index contributed by atoms with van der Waals surface area (Å²) in [7, 11) is -3.28. The van der Waals surface area contributed by atoms with E-state index >= 15 is 0 Å². The molecule has 0 aromatic carbocycles. The van der Waals surface area contributed by atoms with Crippen molar-refractivity contribution in [2.24, 2.45) is 5.73 Å². The van der Waals surface area contributed by atoms with Crippen molar-refractivity contribution in [3.8, 4) is 0 Å². The first kappa shape index (κ1) is 15.1. The smallest absolute Gasteiger partial charge is 0.279 e. The topological polar surface area (TPSA) is 75.4 Å². The molecule has 15 heavy (non-hydrogen) atoms. The lowest BCUT2D eigenvalue weighted by Gasteiger charge is -2.29. The molecule has 1 heterocycles. The van der Waals surface area contributed by atoms with Crippen LogP contribution in [-0.2, 0) is 10.2 Å². The molecular formula is C8H20ClN3O2S. The molecule has 1 aliphatic rings. The van der Waals surface area contributed by atoms with Crippen LogP contribution in [0, 0.1) is 0 Å². The van der Waals surface area contributed by atoms with Crippen molar-refractivity contribution in [2.75, 3.05) is 13.1 Å². The summed E-state index contributed by atoms with van der Waals surface area (Å²) in [6.45, 7) is 4.69. The number of piperidine rings is 1. The van der Waals surface area contributed by atoms with Gasteiger partial charge in [-0.25, -0.2) is 0 Å². The molecule has 0 radical (unpaired) electrons. The van der Waals surface area contributed by atoms with E-state index in [0.29, 0.717) is 13.1 Å². The number of nitrogens with two attached hydrogens (primary N) is 1.